The third-order valence-corrected chi connectivity index (χ3v) is 4.16. The Bertz CT molecular complexity index is 1200. The molecule has 0 bridgehead atoms. The molecule has 0 unspecified atom stereocenters. The van der Waals surface area contributed by atoms with Crippen LogP contribution < -0.4 is 21.8 Å². The largest absolute Gasteiger partial charge is 0.329 e. The second-order valence-electron chi connectivity index (χ2n) is 6.44. The second-order valence-corrected chi connectivity index (χ2v) is 6.44. The van der Waals surface area contributed by atoms with Crippen LogP contribution in [-0.4, -0.2) is 19.5 Å². The Morgan fingerprint density at radius 1 is 1.19 bits per heavy atom. The maximum atomic E-state index is 14.0. The summed E-state index contributed by atoms with van der Waals surface area (Å²) in [7, 11) is 0. The average molecular weight is 372 g/mol. The van der Waals surface area contributed by atoms with E-state index in [-0.39, 0.29) is 28.7 Å². The number of halogens is 2. The van der Waals surface area contributed by atoms with E-state index in [1.807, 2.05) is 13.8 Å². The average Bonchev–Trinajstić information content (AvgIpc) is 2.99. The molecule has 0 spiro atoms. The van der Waals surface area contributed by atoms with Crippen LogP contribution in [0.1, 0.15) is 36.7 Å². The zero-order valence-electron chi connectivity index (χ0n) is 14.8. The number of rotatable bonds is 4. The summed E-state index contributed by atoms with van der Waals surface area (Å²) in [4.78, 5) is 32.8. The van der Waals surface area contributed by atoms with E-state index in [0.29, 0.717) is 11.4 Å². The normalized spacial score (nSPS) is 12.1. The number of hydrogen-bond donors (Lipinski definition) is 2. The highest BCUT2D eigenvalue weighted by Gasteiger charge is 2.16. The molecule has 27 heavy (non-hydrogen) atoms. The summed E-state index contributed by atoms with van der Waals surface area (Å²) in [5, 5.41) is -0.0154. The van der Waals surface area contributed by atoms with E-state index in [2.05, 4.69) is 21.5 Å². The van der Waals surface area contributed by atoms with E-state index < -0.39 is 22.8 Å². The van der Waals surface area contributed by atoms with Crippen molar-refractivity contribution in [3.05, 3.63) is 84.5 Å². The first-order chi connectivity index (χ1) is 12.8. The molecule has 0 saturated carbocycles. The number of hydrogen-bond acceptors (Lipinski definition) is 3. The predicted octanol–water partition coefficient (Wildman–Crippen LogP) is 0.949. The molecule has 1 aromatic carbocycles. The van der Waals surface area contributed by atoms with Gasteiger partial charge >= 0.3 is 0 Å². The lowest BCUT2D eigenvalue weighted by atomic mass is 10.1. The molecule has 0 atom stereocenters. The summed E-state index contributed by atoms with van der Waals surface area (Å²) in [5.74, 6) is -1.34. The van der Waals surface area contributed by atoms with Crippen LogP contribution in [0.4, 0.5) is 8.78 Å². The standard InChI is InChI=1S/C19H18F2N4O2/c1-10(2)17-15(7-16-19(27)23-11(3)18(26)24-16)22-9-25(17)8-12-13(20)5-4-6-14(12)21/h4-7,9-10H,3,8H2,1-2H3,(H,23,27)(H,24,26). The van der Waals surface area contributed by atoms with Gasteiger partial charge in [-0.05, 0) is 24.1 Å². The van der Waals surface area contributed by atoms with Gasteiger partial charge in [-0.15, -0.1) is 0 Å². The molecule has 8 heteroatoms. The number of aromatic nitrogens is 4. The molecule has 3 rings (SSSR count). The fraction of sp³-hybridized carbons (Fsp3) is 0.211. The van der Waals surface area contributed by atoms with Crippen molar-refractivity contribution < 1.29 is 8.78 Å². The zero-order chi connectivity index (χ0) is 19.7. The molecular formula is C19H18F2N4O2. The van der Waals surface area contributed by atoms with Crippen LogP contribution in [0.2, 0.25) is 0 Å². The highest BCUT2D eigenvalue weighted by molar-refractivity contribution is 5.47. The third kappa shape index (κ3) is 3.64. The molecule has 2 N–H and O–H groups in total. The number of nitrogens with zero attached hydrogens (tertiary/aromatic N) is 2. The van der Waals surface area contributed by atoms with E-state index in [9.17, 15) is 18.4 Å². The molecule has 0 aliphatic rings. The summed E-state index contributed by atoms with van der Waals surface area (Å²) in [6.45, 7) is 7.19. The fourth-order valence-corrected chi connectivity index (χ4v) is 2.88. The van der Waals surface area contributed by atoms with E-state index >= 15 is 0 Å². The molecule has 3 aromatic rings. The van der Waals surface area contributed by atoms with Crippen molar-refractivity contribution in [2.24, 2.45) is 0 Å². The van der Waals surface area contributed by atoms with Gasteiger partial charge in [-0.25, -0.2) is 13.8 Å². The summed E-state index contributed by atoms with van der Waals surface area (Å²) < 4.78 is 29.6. The second kappa shape index (κ2) is 7.14. The monoisotopic (exact) mass is 372 g/mol. The zero-order valence-corrected chi connectivity index (χ0v) is 14.8. The van der Waals surface area contributed by atoms with E-state index in [1.165, 1.54) is 30.6 Å². The van der Waals surface area contributed by atoms with Crippen molar-refractivity contribution in [1.29, 1.82) is 0 Å². The number of nitrogens with one attached hydrogen (secondary N) is 2. The van der Waals surface area contributed by atoms with Crippen molar-refractivity contribution in [3.8, 4) is 0 Å². The van der Waals surface area contributed by atoms with Gasteiger partial charge in [-0.2, -0.15) is 0 Å². The Hall–Kier alpha value is -3.29. The Balaban J connectivity index is 2.14. The Morgan fingerprint density at radius 2 is 1.85 bits per heavy atom. The van der Waals surface area contributed by atoms with Gasteiger partial charge in [-0.1, -0.05) is 26.5 Å². The van der Waals surface area contributed by atoms with Crippen molar-refractivity contribution >= 4 is 12.7 Å². The van der Waals surface area contributed by atoms with Crippen LogP contribution in [-0.2, 0) is 6.54 Å². The molecule has 0 aliphatic carbocycles. The first-order valence-electron chi connectivity index (χ1n) is 8.29. The number of benzene rings is 1. The molecule has 0 radical (unpaired) electrons. The van der Waals surface area contributed by atoms with Crippen LogP contribution in [0.25, 0.3) is 12.7 Å². The number of aromatic amines is 2. The number of H-pyrrole nitrogens is 2. The summed E-state index contributed by atoms with van der Waals surface area (Å²) in [6, 6.07) is 3.70. The molecule has 0 saturated heterocycles. The first-order valence-corrected chi connectivity index (χ1v) is 8.29. The fourth-order valence-electron chi connectivity index (χ4n) is 2.88. The van der Waals surface area contributed by atoms with E-state index in [0.717, 1.165) is 0 Å². The Kier molecular flexibility index (Phi) is 4.89. The van der Waals surface area contributed by atoms with Crippen molar-refractivity contribution in [1.82, 2.24) is 19.5 Å². The lowest BCUT2D eigenvalue weighted by Gasteiger charge is -2.13. The quantitative estimate of drug-likeness (QED) is 0.715. The third-order valence-electron chi connectivity index (χ3n) is 4.16. The van der Waals surface area contributed by atoms with Gasteiger partial charge in [-0.3, -0.25) is 9.59 Å². The highest BCUT2D eigenvalue weighted by Crippen LogP contribution is 2.22. The van der Waals surface area contributed by atoms with Crippen LogP contribution in [0, 0.1) is 11.6 Å². The molecule has 0 aliphatic heterocycles. The summed E-state index contributed by atoms with van der Waals surface area (Å²) >= 11 is 0. The lowest BCUT2D eigenvalue weighted by molar-refractivity contribution is 0.538. The van der Waals surface area contributed by atoms with Gasteiger partial charge in [0.25, 0.3) is 11.1 Å². The first kappa shape index (κ1) is 18.5. The van der Waals surface area contributed by atoms with Gasteiger partial charge in [0.05, 0.1) is 23.9 Å². The van der Waals surface area contributed by atoms with Crippen molar-refractivity contribution in [2.75, 3.05) is 0 Å². The van der Waals surface area contributed by atoms with Crippen LogP contribution >= 0.6 is 0 Å². The topological polar surface area (TPSA) is 83.5 Å². The van der Waals surface area contributed by atoms with Gasteiger partial charge in [0.2, 0.25) is 0 Å². The minimum Gasteiger partial charge on any atom is -0.329 e. The van der Waals surface area contributed by atoms with E-state index in [4.69, 9.17) is 0 Å². The molecule has 0 amide bonds. The summed E-state index contributed by atoms with van der Waals surface area (Å²) in [6.07, 6.45) is 2.89. The maximum Gasteiger partial charge on any atom is 0.272 e. The minimum absolute atomic E-state index is 0.0247. The molecule has 0 fully saturated rings. The molecule has 2 heterocycles. The predicted molar refractivity (Wildman–Crippen MR) is 97.8 cm³/mol. The molecule has 2 aromatic heterocycles. The van der Waals surface area contributed by atoms with Crippen LogP contribution in [0.3, 0.4) is 0 Å². The molecular weight excluding hydrogens is 354 g/mol. The SMILES string of the molecule is C=c1[nH]c(=O)c(=Cc2ncn(Cc3c(F)cccc3F)c2C(C)C)[nH]c1=O. The van der Waals surface area contributed by atoms with Gasteiger partial charge in [0.15, 0.2) is 0 Å². The maximum absolute atomic E-state index is 14.0. The van der Waals surface area contributed by atoms with Crippen LogP contribution in [0.5, 0.6) is 0 Å². The molecule has 6 nitrogen and oxygen atoms in total. The van der Waals surface area contributed by atoms with Gasteiger partial charge in [0.1, 0.15) is 17.0 Å². The van der Waals surface area contributed by atoms with Crippen molar-refractivity contribution in [3.63, 3.8) is 0 Å². The molecule has 140 valence electrons. The number of imidazole rings is 1. The Labute approximate surface area is 152 Å². The van der Waals surface area contributed by atoms with Crippen LogP contribution in [0.15, 0.2) is 34.1 Å². The van der Waals surface area contributed by atoms with Gasteiger partial charge < -0.3 is 14.5 Å². The summed E-state index contributed by atoms with van der Waals surface area (Å²) in [5.41, 5.74) is 0.0103. The van der Waals surface area contributed by atoms with E-state index in [1.54, 1.807) is 4.57 Å². The minimum atomic E-state index is -0.643. The Morgan fingerprint density at radius 3 is 2.48 bits per heavy atom. The van der Waals surface area contributed by atoms with Crippen molar-refractivity contribution in [2.45, 2.75) is 26.3 Å². The van der Waals surface area contributed by atoms with Gasteiger partial charge in [0, 0.05) is 11.3 Å². The highest BCUT2D eigenvalue weighted by atomic mass is 19.1. The lowest BCUT2D eigenvalue weighted by Crippen LogP contribution is -2.46. The smallest absolute Gasteiger partial charge is 0.272 e.